The van der Waals surface area contributed by atoms with E-state index >= 15 is 0 Å². The zero-order chi connectivity index (χ0) is 13.3. The summed E-state index contributed by atoms with van der Waals surface area (Å²) in [6.07, 6.45) is 1.39. The van der Waals surface area contributed by atoms with Crippen molar-refractivity contribution >= 4 is 17.4 Å². The molecule has 0 radical (unpaired) electrons. The lowest BCUT2D eigenvalue weighted by molar-refractivity contribution is 0.354. The van der Waals surface area contributed by atoms with Crippen molar-refractivity contribution in [3.63, 3.8) is 0 Å². The number of benzene rings is 1. The minimum absolute atomic E-state index is 0.0803. The van der Waals surface area contributed by atoms with Gasteiger partial charge in [0, 0.05) is 6.07 Å². The molecule has 0 aliphatic heterocycles. The second kappa shape index (κ2) is 4.73. The number of nitrogen functional groups attached to an aromatic ring is 1. The molecule has 18 heavy (non-hydrogen) atoms. The average molecular weight is 272 g/mol. The van der Waals surface area contributed by atoms with Crippen molar-refractivity contribution in [2.45, 2.75) is 0 Å². The maximum absolute atomic E-state index is 14.1. The Morgan fingerprint density at radius 1 is 1.39 bits per heavy atom. The van der Waals surface area contributed by atoms with Crippen LogP contribution in [-0.4, -0.2) is 24.4 Å². The molecule has 0 spiro atoms. The van der Waals surface area contributed by atoms with Crippen LogP contribution in [0.15, 0.2) is 12.3 Å². The van der Waals surface area contributed by atoms with Gasteiger partial charge in [-0.05, 0) is 0 Å². The molecule has 0 aliphatic carbocycles. The van der Waals surface area contributed by atoms with Crippen LogP contribution in [0.4, 0.5) is 10.2 Å². The highest BCUT2D eigenvalue weighted by molar-refractivity contribution is 6.31. The van der Waals surface area contributed by atoms with Gasteiger partial charge in [0.05, 0.1) is 36.6 Å². The van der Waals surface area contributed by atoms with Gasteiger partial charge in [0.15, 0.2) is 17.3 Å². The molecule has 0 saturated carbocycles. The van der Waals surface area contributed by atoms with E-state index in [1.165, 1.54) is 26.5 Å². The molecule has 5 nitrogen and oxygen atoms in total. The Kier molecular flexibility index (Phi) is 3.29. The SMILES string of the molecule is COc1cc(Cl)c(F)c(-c2cn[nH]c2N)c1OC. The van der Waals surface area contributed by atoms with Crippen LogP contribution >= 0.6 is 11.6 Å². The molecule has 2 aromatic rings. The van der Waals surface area contributed by atoms with E-state index in [1.807, 2.05) is 0 Å². The van der Waals surface area contributed by atoms with Gasteiger partial charge >= 0.3 is 0 Å². The molecule has 7 heteroatoms. The van der Waals surface area contributed by atoms with Crippen LogP contribution in [0.2, 0.25) is 5.02 Å². The number of hydrogen-bond donors (Lipinski definition) is 2. The first-order valence-electron chi connectivity index (χ1n) is 4.99. The van der Waals surface area contributed by atoms with E-state index in [2.05, 4.69) is 10.2 Å². The van der Waals surface area contributed by atoms with Crippen LogP contribution in [0.5, 0.6) is 11.5 Å². The molecule has 1 heterocycles. The number of aromatic nitrogens is 2. The number of nitrogens with one attached hydrogen (secondary N) is 1. The van der Waals surface area contributed by atoms with Gasteiger partial charge in [0.1, 0.15) is 5.82 Å². The summed E-state index contributed by atoms with van der Waals surface area (Å²) in [4.78, 5) is 0. The highest BCUT2D eigenvalue weighted by atomic mass is 35.5. The number of nitrogens with zero attached hydrogens (tertiary/aromatic N) is 1. The van der Waals surface area contributed by atoms with Crippen molar-refractivity contribution in [1.29, 1.82) is 0 Å². The van der Waals surface area contributed by atoms with Crippen LogP contribution in [0.25, 0.3) is 11.1 Å². The average Bonchev–Trinajstić information content (AvgIpc) is 2.78. The van der Waals surface area contributed by atoms with Gasteiger partial charge in [-0.2, -0.15) is 5.10 Å². The van der Waals surface area contributed by atoms with Crippen molar-refractivity contribution in [3.8, 4) is 22.6 Å². The normalized spacial score (nSPS) is 10.4. The van der Waals surface area contributed by atoms with Gasteiger partial charge in [-0.3, -0.25) is 5.10 Å². The number of methoxy groups -OCH3 is 2. The maximum atomic E-state index is 14.1. The topological polar surface area (TPSA) is 73.2 Å². The predicted octanol–water partition coefficient (Wildman–Crippen LogP) is 2.47. The van der Waals surface area contributed by atoms with E-state index in [-0.39, 0.29) is 22.2 Å². The first-order valence-corrected chi connectivity index (χ1v) is 5.37. The lowest BCUT2D eigenvalue weighted by Gasteiger charge is -2.14. The zero-order valence-electron chi connectivity index (χ0n) is 9.75. The molecule has 96 valence electrons. The smallest absolute Gasteiger partial charge is 0.171 e. The Morgan fingerprint density at radius 3 is 2.61 bits per heavy atom. The number of rotatable bonds is 3. The molecule has 0 atom stereocenters. The summed E-state index contributed by atoms with van der Waals surface area (Å²) in [6.45, 7) is 0. The quantitative estimate of drug-likeness (QED) is 0.899. The maximum Gasteiger partial charge on any atom is 0.171 e. The number of nitrogens with two attached hydrogens (primary N) is 1. The Labute approximate surface area is 108 Å². The first kappa shape index (κ1) is 12.5. The van der Waals surface area contributed by atoms with Gasteiger partial charge in [-0.25, -0.2) is 4.39 Å². The lowest BCUT2D eigenvalue weighted by Crippen LogP contribution is -1.98. The summed E-state index contributed by atoms with van der Waals surface area (Å²) in [5.41, 5.74) is 6.17. The van der Waals surface area contributed by atoms with E-state index in [1.54, 1.807) is 0 Å². The Balaban J connectivity index is 2.79. The van der Waals surface area contributed by atoms with Crippen LogP contribution in [-0.2, 0) is 0 Å². The standard InChI is InChI=1S/C11H11ClFN3O2/c1-17-7-3-6(12)9(13)8(10(7)18-2)5-4-15-16-11(5)14/h3-4H,1-2H3,(H3,14,15,16). The Morgan fingerprint density at radius 2 is 2.11 bits per heavy atom. The van der Waals surface area contributed by atoms with Gasteiger partial charge in [-0.15, -0.1) is 0 Å². The summed E-state index contributed by atoms with van der Waals surface area (Å²) < 4.78 is 24.4. The van der Waals surface area contributed by atoms with Gasteiger partial charge < -0.3 is 15.2 Å². The molecule has 0 amide bonds. The van der Waals surface area contributed by atoms with E-state index in [0.717, 1.165) is 0 Å². The van der Waals surface area contributed by atoms with Crippen LogP contribution in [0.3, 0.4) is 0 Å². The third kappa shape index (κ3) is 1.84. The van der Waals surface area contributed by atoms with Crippen LogP contribution < -0.4 is 15.2 Å². The molecule has 3 N–H and O–H groups in total. The predicted molar refractivity (Wildman–Crippen MR) is 66.5 cm³/mol. The Bertz CT molecular complexity index is 586. The number of hydrogen-bond acceptors (Lipinski definition) is 4. The molecule has 0 aliphatic rings. The van der Waals surface area contributed by atoms with E-state index in [9.17, 15) is 4.39 Å². The van der Waals surface area contributed by atoms with E-state index < -0.39 is 5.82 Å². The van der Waals surface area contributed by atoms with Gasteiger partial charge in [-0.1, -0.05) is 11.6 Å². The summed E-state index contributed by atoms with van der Waals surface area (Å²) in [6, 6.07) is 1.34. The molecule has 1 aromatic carbocycles. The molecule has 0 saturated heterocycles. The molecule has 0 fully saturated rings. The fourth-order valence-electron chi connectivity index (χ4n) is 1.68. The minimum Gasteiger partial charge on any atom is -0.493 e. The fraction of sp³-hybridized carbons (Fsp3) is 0.182. The largest absolute Gasteiger partial charge is 0.493 e. The lowest BCUT2D eigenvalue weighted by atomic mass is 10.1. The summed E-state index contributed by atoms with van der Waals surface area (Å²) in [5.74, 6) is 0.117. The second-order valence-corrected chi connectivity index (χ2v) is 3.89. The van der Waals surface area contributed by atoms with Crippen molar-refractivity contribution in [1.82, 2.24) is 10.2 Å². The molecule has 1 aromatic heterocycles. The number of aromatic amines is 1. The van der Waals surface area contributed by atoms with Crippen LogP contribution in [0, 0.1) is 5.82 Å². The highest BCUT2D eigenvalue weighted by Crippen LogP contribution is 2.44. The number of H-pyrrole nitrogens is 1. The summed E-state index contributed by atoms with van der Waals surface area (Å²) >= 11 is 5.81. The number of ether oxygens (including phenoxy) is 2. The second-order valence-electron chi connectivity index (χ2n) is 3.48. The van der Waals surface area contributed by atoms with Crippen molar-refractivity contribution in [2.24, 2.45) is 0 Å². The zero-order valence-corrected chi connectivity index (χ0v) is 10.5. The fourth-order valence-corrected chi connectivity index (χ4v) is 1.87. The molecule has 0 bridgehead atoms. The van der Waals surface area contributed by atoms with Gasteiger partial charge in [0.2, 0.25) is 0 Å². The van der Waals surface area contributed by atoms with Crippen molar-refractivity contribution in [3.05, 3.63) is 23.1 Å². The van der Waals surface area contributed by atoms with E-state index in [4.69, 9.17) is 26.8 Å². The van der Waals surface area contributed by atoms with Gasteiger partial charge in [0.25, 0.3) is 0 Å². The van der Waals surface area contributed by atoms with Crippen molar-refractivity contribution < 1.29 is 13.9 Å². The molecule has 2 rings (SSSR count). The Hall–Kier alpha value is -1.95. The molecular weight excluding hydrogens is 261 g/mol. The highest BCUT2D eigenvalue weighted by Gasteiger charge is 2.22. The molecule has 0 unspecified atom stereocenters. The van der Waals surface area contributed by atoms with E-state index in [0.29, 0.717) is 11.3 Å². The number of anilines is 1. The molecular formula is C11H11ClFN3O2. The summed E-state index contributed by atoms with van der Waals surface area (Å²) in [5, 5.41) is 6.19. The van der Waals surface area contributed by atoms with Crippen LogP contribution in [0.1, 0.15) is 0 Å². The third-order valence-corrected chi connectivity index (χ3v) is 2.78. The summed E-state index contributed by atoms with van der Waals surface area (Å²) in [7, 11) is 2.85. The first-order chi connectivity index (χ1) is 8.60. The third-order valence-electron chi connectivity index (χ3n) is 2.50. The van der Waals surface area contributed by atoms with Crippen molar-refractivity contribution in [2.75, 3.05) is 20.0 Å². The monoisotopic (exact) mass is 271 g/mol. The minimum atomic E-state index is -0.637. The number of halogens is 2.